The number of aliphatic hydroxyl groups is 1. The normalized spacial score (nSPS) is 14.9. The van der Waals surface area contributed by atoms with Crippen LogP contribution in [0.1, 0.15) is 37.7 Å². The molecule has 4 nitrogen and oxygen atoms in total. The Morgan fingerprint density at radius 1 is 0.963 bits per heavy atom. The minimum atomic E-state index is -0.814. The average molecular weight is 364 g/mol. The van der Waals surface area contributed by atoms with E-state index in [0.29, 0.717) is 18.4 Å². The predicted molar refractivity (Wildman–Crippen MR) is 106 cm³/mol. The van der Waals surface area contributed by atoms with Crippen molar-refractivity contribution < 1.29 is 19.7 Å². The number of carboxylic acids is 1. The SMILES string of the molecule is O=C(O)C1=C(C/C=C(\CO)c2ccc(Oc3ccccc3)cc2)CCCC1. The summed E-state index contributed by atoms with van der Waals surface area (Å²) in [7, 11) is 0. The van der Waals surface area contributed by atoms with Gasteiger partial charge in [0.05, 0.1) is 6.61 Å². The van der Waals surface area contributed by atoms with Gasteiger partial charge in [0.1, 0.15) is 11.5 Å². The number of para-hydroxylation sites is 1. The van der Waals surface area contributed by atoms with E-state index in [9.17, 15) is 15.0 Å². The van der Waals surface area contributed by atoms with Gasteiger partial charge in [0.25, 0.3) is 0 Å². The van der Waals surface area contributed by atoms with E-state index in [4.69, 9.17) is 4.74 Å². The molecule has 2 N–H and O–H groups in total. The summed E-state index contributed by atoms with van der Waals surface area (Å²) in [4.78, 5) is 11.4. The maximum atomic E-state index is 11.4. The summed E-state index contributed by atoms with van der Waals surface area (Å²) in [5, 5.41) is 19.1. The third-order valence-corrected chi connectivity index (χ3v) is 4.81. The van der Waals surface area contributed by atoms with Crippen LogP contribution in [0, 0.1) is 0 Å². The monoisotopic (exact) mass is 364 g/mol. The number of rotatable bonds is 7. The minimum absolute atomic E-state index is 0.0887. The van der Waals surface area contributed by atoms with Crippen LogP contribution in [0.5, 0.6) is 11.5 Å². The van der Waals surface area contributed by atoms with E-state index in [1.807, 2.05) is 60.7 Å². The van der Waals surface area contributed by atoms with Crippen molar-refractivity contribution in [1.29, 1.82) is 0 Å². The fraction of sp³-hybridized carbons (Fsp3) is 0.261. The highest BCUT2D eigenvalue weighted by Crippen LogP contribution is 2.29. The number of carboxylic acid groups (broad SMARTS) is 1. The summed E-state index contributed by atoms with van der Waals surface area (Å²) in [6.07, 6.45) is 5.93. The molecule has 0 radical (unpaired) electrons. The van der Waals surface area contributed by atoms with Crippen molar-refractivity contribution >= 4 is 11.5 Å². The van der Waals surface area contributed by atoms with Gasteiger partial charge in [-0.25, -0.2) is 4.79 Å². The second-order valence-corrected chi connectivity index (χ2v) is 6.63. The third kappa shape index (κ3) is 5.08. The fourth-order valence-corrected chi connectivity index (χ4v) is 3.33. The predicted octanol–water partition coefficient (Wildman–Crippen LogP) is 5.20. The number of hydrogen-bond acceptors (Lipinski definition) is 3. The van der Waals surface area contributed by atoms with E-state index in [-0.39, 0.29) is 6.61 Å². The van der Waals surface area contributed by atoms with Crippen molar-refractivity contribution in [2.24, 2.45) is 0 Å². The van der Waals surface area contributed by atoms with E-state index in [0.717, 1.165) is 47.5 Å². The number of hydrogen-bond donors (Lipinski definition) is 2. The Kier molecular flexibility index (Phi) is 6.44. The highest BCUT2D eigenvalue weighted by molar-refractivity contribution is 5.87. The molecule has 1 aliphatic carbocycles. The summed E-state index contributed by atoms with van der Waals surface area (Å²) in [5.74, 6) is 0.685. The molecule has 0 aromatic heterocycles. The molecule has 0 amide bonds. The van der Waals surface area contributed by atoms with Crippen molar-refractivity contribution in [3.8, 4) is 11.5 Å². The Bertz CT molecular complexity index is 832. The van der Waals surface area contributed by atoms with Crippen LogP contribution in [0.3, 0.4) is 0 Å². The van der Waals surface area contributed by atoms with Gasteiger partial charge >= 0.3 is 5.97 Å². The van der Waals surface area contributed by atoms with Crippen LogP contribution in [0.4, 0.5) is 0 Å². The molecule has 0 saturated carbocycles. The molecule has 0 fully saturated rings. The van der Waals surface area contributed by atoms with Crippen LogP contribution >= 0.6 is 0 Å². The molecule has 0 heterocycles. The summed E-state index contributed by atoms with van der Waals surface area (Å²) in [6, 6.07) is 17.1. The lowest BCUT2D eigenvalue weighted by molar-refractivity contribution is -0.133. The molecular weight excluding hydrogens is 340 g/mol. The molecule has 4 heteroatoms. The minimum Gasteiger partial charge on any atom is -0.478 e. The number of aliphatic hydroxyl groups excluding tert-OH is 1. The van der Waals surface area contributed by atoms with Gasteiger partial charge in [-0.05, 0) is 67.5 Å². The molecule has 1 aliphatic rings. The zero-order chi connectivity index (χ0) is 19.1. The number of benzene rings is 2. The Labute approximate surface area is 159 Å². The summed E-state index contributed by atoms with van der Waals surface area (Å²) in [6.45, 7) is -0.0887. The first-order valence-corrected chi connectivity index (χ1v) is 9.25. The number of aliphatic carboxylic acids is 1. The van der Waals surface area contributed by atoms with E-state index >= 15 is 0 Å². The molecular formula is C23H24O4. The van der Waals surface area contributed by atoms with Gasteiger partial charge in [-0.3, -0.25) is 0 Å². The molecule has 0 unspecified atom stereocenters. The van der Waals surface area contributed by atoms with Gasteiger partial charge in [0.2, 0.25) is 0 Å². The van der Waals surface area contributed by atoms with Crippen molar-refractivity contribution in [3.63, 3.8) is 0 Å². The van der Waals surface area contributed by atoms with E-state index in [1.54, 1.807) is 0 Å². The van der Waals surface area contributed by atoms with Crippen LogP contribution in [0.15, 0.2) is 71.8 Å². The Balaban J connectivity index is 1.73. The Hall–Kier alpha value is -2.85. The van der Waals surface area contributed by atoms with Crippen LogP contribution in [0.2, 0.25) is 0 Å². The van der Waals surface area contributed by atoms with Gasteiger partial charge in [0.15, 0.2) is 0 Å². The molecule has 27 heavy (non-hydrogen) atoms. The lowest BCUT2D eigenvalue weighted by atomic mass is 9.89. The topological polar surface area (TPSA) is 66.8 Å². The van der Waals surface area contributed by atoms with Crippen molar-refractivity contribution in [3.05, 3.63) is 77.4 Å². The van der Waals surface area contributed by atoms with Gasteiger partial charge in [-0.1, -0.05) is 42.0 Å². The third-order valence-electron chi connectivity index (χ3n) is 4.81. The lowest BCUT2D eigenvalue weighted by Crippen LogP contribution is -2.09. The zero-order valence-corrected chi connectivity index (χ0v) is 15.2. The second-order valence-electron chi connectivity index (χ2n) is 6.63. The molecule has 0 saturated heterocycles. The van der Waals surface area contributed by atoms with Gasteiger partial charge in [-0.2, -0.15) is 0 Å². The Morgan fingerprint density at radius 2 is 1.63 bits per heavy atom. The summed E-state index contributed by atoms with van der Waals surface area (Å²) < 4.78 is 5.79. The Morgan fingerprint density at radius 3 is 2.30 bits per heavy atom. The maximum Gasteiger partial charge on any atom is 0.331 e. The van der Waals surface area contributed by atoms with Crippen LogP contribution in [0.25, 0.3) is 5.57 Å². The first-order valence-electron chi connectivity index (χ1n) is 9.25. The molecule has 0 aliphatic heterocycles. The smallest absolute Gasteiger partial charge is 0.331 e. The standard InChI is InChI=1S/C23H24O4/c24-16-19(11-10-18-6-4-5-9-22(18)23(25)26)17-12-14-21(15-13-17)27-20-7-2-1-3-8-20/h1-3,7-8,11-15,24H,4-6,9-10,16H2,(H,25,26)/b19-11+. The van der Waals surface area contributed by atoms with E-state index < -0.39 is 5.97 Å². The molecule has 3 rings (SSSR count). The number of carbonyl (C=O) groups is 1. The molecule has 2 aromatic rings. The van der Waals surface area contributed by atoms with Gasteiger partial charge in [-0.15, -0.1) is 0 Å². The molecule has 0 atom stereocenters. The first kappa shape index (κ1) is 18.9. The molecule has 0 bridgehead atoms. The van der Waals surface area contributed by atoms with E-state index in [2.05, 4.69) is 0 Å². The highest BCUT2D eigenvalue weighted by atomic mass is 16.5. The summed E-state index contributed by atoms with van der Waals surface area (Å²) >= 11 is 0. The second kappa shape index (κ2) is 9.19. The quantitative estimate of drug-likeness (QED) is 0.709. The fourth-order valence-electron chi connectivity index (χ4n) is 3.33. The van der Waals surface area contributed by atoms with E-state index in [1.165, 1.54) is 0 Å². The summed E-state index contributed by atoms with van der Waals surface area (Å²) in [5.41, 5.74) is 3.22. The zero-order valence-electron chi connectivity index (χ0n) is 15.2. The van der Waals surface area contributed by atoms with Crippen molar-refractivity contribution in [1.82, 2.24) is 0 Å². The number of allylic oxidation sites excluding steroid dienone is 2. The van der Waals surface area contributed by atoms with Crippen molar-refractivity contribution in [2.75, 3.05) is 6.61 Å². The van der Waals surface area contributed by atoms with Crippen LogP contribution in [-0.2, 0) is 4.79 Å². The van der Waals surface area contributed by atoms with Gasteiger partial charge in [0, 0.05) is 5.57 Å². The van der Waals surface area contributed by atoms with Gasteiger partial charge < -0.3 is 14.9 Å². The first-order chi connectivity index (χ1) is 13.2. The molecule has 2 aromatic carbocycles. The maximum absolute atomic E-state index is 11.4. The largest absolute Gasteiger partial charge is 0.478 e. The van der Waals surface area contributed by atoms with Crippen LogP contribution in [-0.4, -0.2) is 22.8 Å². The average Bonchev–Trinajstić information content (AvgIpc) is 2.70. The highest BCUT2D eigenvalue weighted by Gasteiger charge is 2.17. The molecule has 0 spiro atoms. The van der Waals surface area contributed by atoms with Crippen molar-refractivity contribution in [2.45, 2.75) is 32.1 Å². The number of ether oxygens (including phenoxy) is 1. The lowest BCUT2D eigenvalue weighted by Gasteiger charge is -2.17. The molecule has 140 valence electrons. The van der Waals surface area contributed by atoms with Crippen LogP contribution < -0.4 is 4.74 Å².